The van der Waals surface area contributed by atoms with Gasteiger partial charge in [0.15, 0.2) is 0 Å². The van der Waals surface area contributed by atoms with Gasteiger partial charge in [-0.3, -0.25) is 4.79 Å². The van der Waals surface area contributed by atoms with Crippen LogP contribution < -0.4 is 0 Å². The quantitative estimate of drug-likeness (QED) is 0.823. The molecule has 2 aromatic rings. The highest BCUT2D eigenvalue weighted by Gasteiger charge is 2.34. The SMILES string of the molecule is O=C(CCc1nc2ccccc2[nH]1)N1CCN(S(=O)(=O)N2CCCC2)CC1. The summed E-state index contributed by atoms with van der Waals surface area (Å²) in [5.41, 5.74) is 1.88. The fourth-order valence-electron chi connectivity index (χ4n) is 3.76. The third-order valence-corrected chi connectivity index (χ3v) is 7.36. The maximum absolute atomic E-state index is 12.6. The van der Waals surface area contributed by atoms with E-state index in [4.69, 9.17) is 0 Å². The number of piperazine rings is 1. The van der Waals surface area contributed by atoms with Crippen LogP contribution in [0.3, 0.4) is 0 Å². The lowest BCUT2D eigenvalue weighted by Crippen LogP contribution is -2.53. The van der Waals surface area contributed by atoms with Crippen molar-refractivity contribution in [2.75, 3.05) is 39.3 Å². The number of benzene rings is 1. The summed E-state index contributed by atoms with van der Waals surface area (Å²) in [5, 5.41) is 0. The van der Waals surface area contributed by atoms with E-state index in [1.165, 1.54) is 4.31 Å². The average molecular weight is 391 g/mol. The molecule has 0 bridgehead atoms. The van der Waals surface area contributed by atoms with Gasteiger partial charge in [-0.1, -0.05) is 12.1 Å². The summed E-state index contributed by atoms with van der Waals surface area (Å²) >= 11 is 0. The zero-order valence-corrected chi connectivity index (χ0v) is 16.1. The summed E-state index contributed by atoms with van der Waals surface area (Å²) < 4.78 is 28.3. The molecule has 2 aliphatic heterocycles. The summed E-state index contributed by atoms with van der Waals surface area (Å²) in [5.74, 6) is 0.855. The van der Waals surface area contributed by atoms with Gasteiger partial charge in [-0.25, -0.2) is 4.98 Å². The average Bonchev–Trinajstić information content (AvgIpc) is 3.36. The van der Waals surface area contributed by atoms with Gasteiger partial charge in [0.2, 0.25) is 5.91 Å². The van der Waals surface area contributed by atoms with Gasteiger partial charge in [0, 0.05) is 52.1 Å². The maximum Gasteiger partial charge on any atom is 0.282 e. The molecule has 0 atom stereocenters. The Morgan fingerprint density at radius 1 is 1.00 bits per heavy atom. The lowest BCUT2D eigenvalue weighted by Gasteiger charge is -2.35. The molecule has 1 amide bonds. The predicted molar refractivity (Wildman–Crippen MR) is 102 cm³/mol. The van der Waals surface area contributed by atoms with Crippen molar-refractivity contribution in [1.29, 1.82) is 0 Å². The first-order valence-electron chi connectivity index (χ1n) is 9.51. The highest BCUT2D eigenvalue weighted by Crippen LogP contribution is 2.18. The zero-order valence-electron chi connectivity index (χ0n) is 15.3. The molecule has 1 aromatic carbocycles. The number of aromatic nitrogens is 2. The van der Waals surface area contributed by atoms with E-state index in [1.54, 1.807) is 9.21 Å². The van der Waals surface area contributed by atoms with Gasteiger partial charge in [0.1, 0.15) is 5.82 Å². The van der Waals surface area contributed by atoms with E-state index in [0.717, 1.165) is 29.7 Å². The Hall–Kier alpha value is -1.97. The van der Waals surface area contributed by atoms with Crippen LogP contribution in [-0.4, -0.2) is 77.1 Å². The number of nitrogens with one attached hydrogen (secondary N) is 1. The van der Waals surface area contributed by atoms with Crippen LogP contribution in [0.2, 0.25) is 0 Å². The lowest BCUT2D eigenvalue weighted by molar-refractivity contribution is -0.132. The van der Waals surface area contributed by atoms with Crippen LogP contribution in [0.4, 0.5) is 0 Å². The summed E-state index contributed by atoms with van der Waals surface area (Å²) in [6.07, 6.45) is 2.79. The molecular weight excluding hydrogens is 366 g/mol. The number of hydrogen-bond donors (Lipinski definition) is 1. The number of nitrogens with zero attached hydrogens (tertiary/aromatic N) is 4. The second-order valence-electron chi connectivity index (χ2n) is 7.09. The summed E-state index contributed by atoms with van der Waals surface area (Å²) in [7, 11) is -3.37. The van der Waals surface area contributed by atoms with Crippen molar-refractivity contribution in [3.8, 4) is 0 Å². The number of carbonyl (C=O) groups excluding carboxylic acids is 1. The Kier molecular flexibility index (Phi) is 5.16. The summed E-state index contributed by atoms with van der Waals surface area (Å²) in [4.78, 5) is 22.0. The number of imidazole rings is 1. The van der Waals surface area contributed by atoms with Gasteiger partial charge in [-0.05, 0) is 25.0 Å². The van der Waals surface area contributed by atoms with Crippen molar-refractivity contribution in [2.24, 2.45) is 0 Å². The van der Waals surface area contributed by atoms with E-state index in [2.05, 4.69) is 9.97 Å². The third-order valence-electron chi connectivity index (χ3n) is 5.32. The number of hydrogen-bond acceptors (Lipinski definition) is 4. The van der Waals surface area contributed by atoms with Gasteiger partial charge in [0.25, 0.3) is 10.2 Å². The minimum absolute atomic E-state index is 0.0497. The first kappa shape index (κ1) is 18.4. The Labute approximate surface area is 159 Å². The van der Waals surface area contributed by atoms with Crippen LogP contribution in [0.25, 0.3) is 11.0 Å². The second kappa shape index (κ2) is 7.57. The normalized spacial score (nSPS) is 19.8. The Morgan fingerprint density at radius 3 is 2.37 bits per heavy atom. The van der Waals surface area contributed by atoms with E-state index in [0.29, 0.717) is 52.1 Å². The van der Waals surface area contributed by atoms with E-state index >= 15 is 0 Å². The van der Waals surface area contributed by atoms with Gasteiger partial charge in [-0.15, -0.1) is 0 Å². The van der Waals surface area contributed by atoms with Crippen molar-refractivity contribution in [1.82, 2.24) is 23.5 Å². The number of rotatable bonds is 5. The highest BCUT2D eigenvalue weighted by atomic mass is 32.2. The van der Waals surface area contributed by atoms with E-state index in [9.17, 15) is 13.2 Å². The molecule has 0 unspecified atom stereocenters. The first-order chi connectivity index (χ1) is 13.0. The molecule has 2 aliphatic rings. The third kappa shape index (κ3) is 3.85. The smallest absolute Gasteiger partial charge is 0.282 e. The second-order valence-corrected chi connectivity index (χ2v) is 9.02. The molecule has 0 saturated carbocycles. The topological polar surface area (TPSA) is 89.6 Å². The molecule has 4 rings (SSSR count). The molecule has 0 aliphatic carbocycles. The van der Waals surface area contributed by atoms with Gasteiger partial charge in [-0.2, -0.15) is 17.0 Å². The maximum atomic E-state index is 12.6. The number of fused-ring (bicyclic) bond motifs is 1. The molecule has 3 heterocycles. The van der Waals surface area contributed by atoms with Crippen LogP contribution in [0, 0.1) is 0 Å². The van der Waals surface area contributed by atoms with Crippen LogP contribution in [0.1, 0.15) is 25.1 Å². The monoisotopic (exact) mass is 391 g/mol. The Bertz CT molecular complexity index is 879. The number of aryl methyl sites for hydroxylation is 1. The van der Waals surface area contributed by atoms with Crippen LogP contribution >= 0.6 is 0 Å². The van der Waals surface area contributed by atoms with Crippen molar-refractivity contribution in [2.45, 2.75) is 25.7 Å². The first-order valence-corrected chi connectivity index (χ1v) is 10.9. The van der Waals surface area contributed by atoms with Gasteiger partial charge >= 0.3 is 0 Å². The largest absolute Gasteiger partial charge is 0.342 e. The fourth-order valence-corrected chi connectivity index (χ4v) is 5.43. The number of aromatic amines is 1. The molecule has 1 N–H and O–H groups in total. The summed E-state index contributed by atoms with van der Waals surface area (Å²) in [6, 6.07) is 7.80. The van der Waals surface area contributed by atoms with Gasteiger partial charge in [0.05, 0.1) is 11.0 Å². The van der Waals surface area contributed by atoms with Crippen molar-refractivity contribution in [3.63, 3.8) is 0 Å². The number of H-pyrrole nitrogens is 1. The standard InChI is InChI=1S/C18H25N5O3S/c24-18(8-7-17-19-15-5-1-2-6-16(15)20-17)21-11-13-23(14-12-21)27(25,26)22-9-3-4-10-22/h1-2,5-6H,3-4,7-14H2,(H,19,20). The zero-order chi connectivity index (χ0) is 18.9. The Balaban J connectivity index is 1.29. The van der Waals surface area contributed by atoms with E-state index < -0.39 is 10.2 Å². The fraction of sp³-hybridized carbons (Fsp3) is 0.556. The molecule has 9 heteroatoms. The molecule has 2 fully saturated rings. The molecule has 0 spiro atoms. The molecular formula is C18H25N5O3S. The minimum atomic E-state index is -3.37. The van der Waals surface area contributed by atoms with E-state index in [-0.39, 0.29) is 5.91 Å². The van der Waals surface area contributed by atoms with Crippen molar-refractivity contribution >= 4 is 27.1 Å². The van der Waals surface area contributed by atoms with Crippen molar-refractivity contribution < 1.29 is 13.2 Å². The van der Waals surface area contributed by atoms with Crippen LogP contribution in [0.5, 0.6) is 0 Å². The predicted octanol–water partition coefficient (Wildman–Crippen LogP) is 0.980. The highest BCUT2D eigenvalue weighted by molar-refractivity contribution is 7.86. The molecule has 8 nitrogen and oxygen atoms in total. The lowest BCUT2D eigenvalue weighted by atomic mass is 10.2. The molecule has 146 valence electrons. The van der Waals surface area contributed by atoms with E-state index in [1.807, 2.05) is 24.3 Å². The van der Waals surface area contributed by atoms with Crippen LogP contribution in [-0.2, 0) is 21.4 Å². The number of para-hydroxylation sites is 2. The minimum Gasteiger partial charge on any atom is -0.342 e. The van der Waals surface area contributed by atoms with Crippen molar-refractivity contribution in [3.05, 3.63) is 30.1 Å². The molecule has 1 aromatic heterocycles. The number of carbonyl (C=O) groups is 1. The van der Waals surface area contributed by atoms with Crippen LogP contribution in [0.15, 0.2) is 24.3 Å². The molecule has 0 radical (unpaired) electrons. The number of amides is 1. The van der Waals surface area contributed by atoms with Gasteiger partial charge < -0.3 is 9.88 Å². The summed E-state index contributed by atoms with van der Waals surface area (Å²) in [6.45, 7) is 2.86. The molecule has 27 heavy (non-hydrogen) atoms. The molecule has 2 saturated heterocycles. The Morgan fingerprint density at radius 2 is 1.67 bits per heavy atom.